The van der Waals surface area contributed by atoms with Crippen molar-refractivity contribution in [1.29, 1.82) is 0 Å². The Bertz CT molecular complexity index is 293. The molecule has 0 rings (SSSR count). The molecular formula is C20H44N2O4. The van der Waals surface area contributed by atoms with Gasteiger partial charge in [-0.3, -0.25) is 0 Å². The van der Waals surface area contributed by atoms with E-state index in [1.54, 1.807) is 0 Å². The molecule has 0 saturated carbocycles. The minimum absolute atomic E-state index is 0.323. The molecule has 0 aromatic carbocycles. The van der Waals surface area contributed by atoms with Crippen LogP contribution in [-0.2, 0) is 14.2 Å². The van der Waals surface area contributed by atoms with Crippen LogP contribution in [0.15, 0.2) is 0 Å². The average Bonchev–Trinajstić information content (AvgIpc) is 2.57. The van der Waals surface area contributed by atoms with E-state index in [9.17, 15) is 0 Å². The Kier molecular flexibility index (Phi) is 19.9. The van der Waals surface area contributed by atoms with E-state index < -0.39 is 12.0 Å². The summed E-state index contributed by atoms with van der Waals surface area (Å²) in [5.41, 5.74) is 8.50. The van der Waals surface area contributed by atoms with Crippen molar-refractivity contribution in [3.8, 4) is 0 Å². The molecular weight excluding hydrogens is 332 g/mol. The molecule has 0 saturated heterocycles. The number of carbonyl (C=O) groups is 1. The number of hydrogen-bond acceptors (Lipinski definition) is 4. The Balaban J connectivity index is 0. The first-order chi connectivity index (χ1) is 12.4. The van der Waals surface area contributed by atoms with Crippen LogP contribution in [0.4, 0.5) is 4.79 Å². The van der Waals surface area contributed by atoms with Gasteiger partial charge < -0.3 is 25.7 Å². The molecule has 6 nitrogen and oxygen atoms in total. The quantitative estimate of drug-likeness (QED) is 0.294. The van der Waals surface area contributed by atoms with Crippen molar-refractivity contribution in [1.82, 2.24) is 0 Å². The second-order valence-electron chi connectivity index (χ2n) is 6.35. The predicted octanol–water partition coefficient (Wildman–Crippen LogP) is 4.94. The average molecular weight is 377 g/mol. The van der Waals surface area contributed by atoms with Crippen molar-refractivity contribution in [2.45, 2.75) is 98.4 Å². The van der Waals surface area contributed by atoms with Crippen LogP contribution in [-0.4, -0.2) is 31.8 Å². The van der Waals surface area contributed by atoms with E-state index in [0.29, 0.717) is 25.7 Å². The number of nitrogens with two attached hydrogens (primary N) is 2. The largest absolute Gasteiger partial charge is 0.352 e. The maximum absolute atomic E-state index is 9.00. The molecule has 6 heteroatoms. The number of unbranched alkanes of at least 4 members (excludes halogenated alkanes) is 5. The van der Waals surface area contributed by atoms with Gasteiger partial charge in [0.25, 0.3) is 5.97 Å². The van der Waals surface area contributed by atoms with Crippen molar-refractivity contribution in [3.05, 3.63) is 0 Å². The predicted molar refractivity (Wildman–Crippen MR) is 108 cm³/mol. The Hall–Kier alpha value is -0.850. The lowest BCUT2D eigenvalue weighted by molar-refractivity contribution is -0.403. The molecule has 26 heavy (non-hydrogen) atoms. The Morgan fingerprint density at radius 2 is 1.15 bits per heavy atom. The van der Waals surface area contributed by atoms with E-state index in [4.69, 9.17) is 19.0 Å². The Labute approximate surface area is 161 Å². The first-order valence-electron chi connectivity index (χ1n) is 10.4. The van der Waals surface area contributed by atoms with Crippen molar-refractivity contribution in [3.63, 3.8) is 0 Å². The number of amides is 2. The number of hydrogen-bond donors (Lipinski definition) is 2. The molecule has 4 N–H and O–H groups in total. The smallest absolute Gasteiger partial charge is 0.309 e. The third kappa shape index (κ3) is 14.3. The molecule has 0 spiro atoms. The van der Waals surface area contributed by atoms with Crippen LogP contribution in [0.25, 0.3) is 0 Å². The second-order valence-corrected chi connectivity index (χ2v) is 6.35. The number of urea groups is 1. The molecule has 1 atom stereocenters. The third-order valence-corrected chi connectivity index (χ3v) is 4.08. The van der Waals surface area contributed by atoms with Crippen molar-refractivity contribution >= 4 is 6.03 Å². The van der Waals surface area contributed by atoms with Gasteiger partial charge in [0.05, 0.1) is 0 Å². The van der Waals surface area contributed by atoms with E-state index in [-0.39, 0.29) is 0 Å². The highest BCUT2D eigenvalue weighted by molar-refractivity contribution is 5.69. The molecule has 0 heterocycles. The van der Waals surface area contributed by atoms with Gasteiger partial charge in [0.1, 0.15) is 0 Å². The summed E-state index contributed by atoms with van der Waals surface area (Å²) in [6.45, 7) is 12.4. The summed E-state index contributed by atoms with van der Waals surface area (Å²) in [7, 11) is 0. The molecule has 0 aliphatic carbocycles. The summed E-state index contributed by atoms with van der Waals surface area (Å²) >= 11 is 0. The van der Waals surface area contributed by atoms with Gasteiger partial charge in [-0.2, -0.15) is 0 Å². The minimum atomic E-state index is -0.836. The highest BCUT2D eigenvalue weighted by atomic mass is 16.9. The SMILES string of the molecule is CCCCCCCCC(CCC)C(OCC)(OCC)OCC.NC(N)=O. The number of carbonyl (C=O) groups excluding carboxylic acids is 1. The zero-order valence-corrected chi connectivity index (χ0v) is 17.9. The second kappa shape index (κ2) is 18.9. The fourth-order valence-electron chi connectivity index (χ4n) is 3.10. The van der Waals surface area contributed by atoms with Gasteiger partial charge in [0.2, 0.25) is 0 Å². The van der Waals surface area contributed by atoms with Gasteiger partial charge >= 0.3 is 6.03 Å². The topological polar surface area (TPSA) is 96.8 Å². The van der Waals surface area contributed by atoms with Crippen LogP contribution in [0.1, 0.15) is 92.4 Å². The van der Waals surface area contributed by atoms with E-state index in [0.717, 1.165) is 19.3 Å². The normalized spacial score (nSPS) is 12.3. The van der Waals surface area contributed by atoms with Crippen LogP contribution >= 0.6 is 0 Å². The highest BCUT2D eigenvalue weighted by Crippen LogP contribution is 2.33. The number of ether oxygens (including phenoxy) is 3. The van der Waals surface area contributed by atoms with Gasteiger partial charge in [-0.15, -0.1) is 0 Å². The van der Waals surface area contributed by atoms with Crippen LogP contribution in [0.2, 0.25) is 0 Å². The molecule has 0 aromatic heterocycles. The molecule has 0 aliphatic rings. The van der Waals surface area contributed by atoms with Crippen molar-refractivity contribution in [2.24, 2.45) is 17.4 Å². The maximum atomic E-state index is 9.00. The minimum Gasteiger partial charge on any atom is -0.352 e. The first kappa shape index (κ1) is 27.4. The lowest BCUT2D eigenvalue weighted by Crippen LogP contribution is -2.46. The van der Waals surface area contributed by atoms with E-state index >= 15 is 0 Å². The summed E-state index contributed by atoms with van der Waals surface area (Å²) in [6, 6.07) is -0.833. The van der Waals surface area contributed by atoms with E-state index in [1.807, 2.05) is 20.8 Å². The zero-order valence-electron chi connectivity index (χ0n) is 17.9. The van der Waals surface area contributed by atoms with E-state index in [2.05, 4.69) is 25.3 Å². The lowest BCUT2D eigenvalue weighted by Gasteiger charge is -2.39. The Morgan fingerprint density at radius 3 is 1.54 bits per heavy atom. The lowest BCUT2D eigenvalue weighted by atomic mass is 9.93. The molecule has 0 aliphatic heterocycles. The first-order valence-corrected chi connectivity index (χ1v) is 10.4. The zero-order chi connectivity index (χ0) is 20.3. The van der Waals surface area contributed by atoms with E-state index in [1.165, 1.54) is 38.5 Å². The highest BCUT2D eigenvalue weighted by Gasteiger charge is 2.41. The molecule has 0 aromatic rings. The van der Waals surface area contributed by atoms with Crippen molar-refractivity contribution in [2.75, 3.05) is 19.8 Å². The molecule has 158 valence electrons. The Morgan fingerprint density at radius 1 is 0.731 bits per heavy atom. The number of rotatable bonds is 16. The molecule has 0 bridgehead atoms. The summed E-state index contributed by atoms with van der Waals surface area (Å²) < 4.78 is 17.9. The van der Waals surface area contributed by atoms with Crippen LogP contribution in [0.3, 0.4) is 0 Å². The van der Waals surface area contributed by atoms with Gasteiger partial charge in [0.15, 0.2) is 0 Å². The fourth-order valence-corrected chi connectivity index (χ4v) is 3.10. The molecule has 0 fully saturated rings. The fraction of sp³-hybridized carbons (Fsp3) is 0.950. The van der Waals surface area contributed by atoms with Crippen molar-refractivity contribution < 1.29 is 19.0 Å². The molecule has 2 amide bonds. The third-order valence-electron chi connectivity index (χ3n) is 4.08. The van der Waals surface area contributed by atoms with Gasteiger partial charge in [-0.25, -0.2) is 4.79 Å². The monoisotopic (exact) mass is 376 g/mol. The standard InChI is InChI=1S/C19H40O3.CH4N2O/c1-6-11-12-13-14-15-17-18(16-7-2)19(20-8-3,21-9-4)22-10-5;2-1(3)4/h18H,6-17H2,1-5H3;(H4,2,3,4). The number of primary amides is 2. The summed E-state index contributed by atoms with van der Waals surface area (Å²) in [5.74, 6) is -0.513. The maximum Gasteiger partial charge on any atom is 0.309 e. The van der Waals surface area contributed by atoms with Gasteiger partial charge in [-0.05, 0) is 33.6 Å². The summed E-state index contributed by atoms with van der Waals surface area (Å²) in [4.78, 5) is 9.00. The van der Waals surface area contributed by atoms with Crippen LogP contribution in [0, 0.1) is 5.92 Å². The summed E-state index contributed by atoms with van der Waals surface area (Å²) in [6.07, 6.45) is 11.3. The summed E-state index contributed by atoms with van der Waals surface area (Å²) in [5, 5.41) is 0. The van der Waals surface area contributed by atoms with Crippen LogP contribution in [0.5, 0.6) is 0 Å². The van der Waals surface area contributed by atoms with Gasteiger partial charge in [-0.1, -0.05) is 58.8 Å². The van der Waals surface area contributed by atoms with Gasteiger partial charge in [0, 0.05) is 25.7 Å². The molecule has 0 radical (unpaired) electrons. The molecule has 1 unspecified atom stereocenters. The van der Waals surface area contributed by atoms with Crippen LogP contribution < -0.4 is 11.5 Å².